The van der Waals surface area contributed by atoms with Crippen LogP contribution in [0.2, 0.25) is 0 Å². The van der Waals surface area contributed by atoms with Gasteiger partial charge in [-0.15, -0.1) is 0 Å². The van der Waals surface area contributed by atoms with E-state index in [0.29, 0.717) is 11.3 Å². The maximum atomic E-state index is 12.2. The zero-order valence-electron chi connectivity index (χ0n) is 12.1. The molecule has 3 rings (SSSR count). The van der Waals surface area contributed by atoms with E-state index in [1.807, 2.05) is 30.3 Å². The van der Waals surface area contributed by atoms with Gasteiger partial charge in [-0.3, -0.25) is 9.59 Å². The number of para-hydroxylation sites is 1. The molecule has 112 valence electrons. The van der Waals surface area contributed by atoms with Crippen LogP contribution in [-0.4, -0.2) is 30.0 Å². The summed E-state index contributed by atoms with van der Waals surface area (Å²) in [6.07, 6.45) is -1.04. The number of amides is 1. The normalized spacial score (nSPS) is 17.0. The third kappa shape index (κ3) is 2.58. The number of methoxy groups -OCH3 is 1. The number of rotatable bonds is 5. The van der Waals surface area contributed by atoms with Gasteiger partial charge in [0.1, 0.15) is 5.75 Å². The molecule has 0 radical (unpaired) electrons. The highest BCUT2D eigenvalue weighted by Gasteiger charge is 2.44. The SMILES string of the molecule is COc1ccccc1CN1OC(C(=O)c2ccccc2)C1=O. The Labute approximate surface area is 128 Å². The Hall–Kier alpha value is -2.66. The highest BCUT2D eigenvalue weighted by Crippen LogP contribution is 2.25. The zero-order chi connectivity index (χ0) is 15.5. The summed E-state index contributed by atoms with van der Waals surface area (Å²) < 4.78 is 5.23. The van der Waals surface area contributed by atoms with Crippen molar-refractivity contribution in [2.24, 2.45) is 0 Å². The molecule has 1 fully saturated rings. The lowest BCUT2D eigenvalue weighted by molar-refractivity contribution is -0.258. The fraction of sp³-hybridized carbons (Fsp3) is 0.176. The molecule has 0 N–H and O–H groups in total. The topological polar surface area (TPSA) is 55.8 Å². The highest BCUT2D eigenvalue weighted by atomic mass is 16.7. The Morgan fingerprint density at radius 1 is 1.14 bits per heavy atom. The molecule has 1 heterocycles. The number of carbonyl (C=O) groups excluding carboxylic acids is 2. The van der Waals surface area contributed by atoms with Crippen molar-refractivity contribution >= 4 is 11.7 Å². The number of hydroxylamine groups is 2. The van der Waals surface area contributed by atoms with E-state index in [1.54, 1.807) is 31.4 Å². The molecule has 1 saturated heterocycles. The first-order valence-electron chi connectivity index (χ1n) is 6.90. The monoisotopic (exact) mass is 297 g/mol. The predicted molar refractivity (Wildman–Crippen MR) is 79.2 cm³/mol. The van der Waals surface area contributed by atoms with Gasteiger partial charge >= 0.3 is 0 Å². The molecular formula is C17H15NO4. The molecular weight excluding hydrogens is 282 g/mol. The summed E-state index contributed by atoms with van der Waals surface area (Å²) >= 11 is 0. The summed E-state index contributed by atoms with van der Waals surface area (Å²) in [7, 11) is 1.57. The van der Waals surface area contributed by atoms with Crippen molar-refractivity contribution in [2.45, 2.75) is 12.6 Å². The van der Waals surface area contributed by atoms with Crippen LogP contribution >= 0.6 is 0 Å². The summed E-state index contributed by atoms with van der Waals surface area (Å²) in [5.41, 5.74) is 1.29. The second-order valence-electron chi connectivity index (χ2n) is 4.90. The zero-order valence-corrected chi connectivity index (χ0v) is 12.1. The lowest BCUT2D eigenvalue weighted by atomic mass is 10.0. The molecule has 1 unspecified atom stereocenters. The van der Waals surface area contributed by atoms with E-state index in [4.69, 9.17) is 9.57 Å². The molecule has 1 atom stereocenters. The number of Topliss-reactive ketones (excluding diaryl/α,β-unsaturated/α-hetero) is 1. The van der Waals surface area contributed by atoms with Gasteiger partial charge in [-0.1, -0.05) is 48.5 Å². The van der Waals surface area contributed by atoms with Crippen LogP contribution < -0.4 is 4.74 Å². The Bertz CT molecular complexity index is 699. The lowest BCUT2D eigenvalue weighted by Crippen LogP contribution is -2.57. The summed E-state index contributed by atoms with van der Waals surface area (Å²) in [5.74, 6) is 0.0263. The van der Waals surface area contributed by atoms with E-state index in [0.717, 1.165) is 5.56 Å². The number of carbonyl (C=O) groups is 2. The van der Waals surface area contributed by atoms with Crippen molar-refractivity contribution in [2.75, 3.05) is 7.11 Å². The number of benzene rings is 2. The molecule has 5 heteroatoms. The molecule has 2 aromatic carbocycles. The van der Waals surface area contributed by atoms with Crippen molar-refractivity contribution in [1.82, 2.24) is 5.06 Å². The van der Waals surface area contributed by atoms with Crippen LogP contribution in [0.3, 0.4) is 0 Å². The average molecular weight is 297 g/mol. The number of hydrogen-bond acceptors (Lipinski definition) is 4. The lowest BCUT2D eigenvalue weighted by Gasteiger charge is -2.36. The van der Waals surface area contributed by atoms with Gasteiger partial charge in [0, 0.05) is 11.1 Å². The van der Waals surface area contributed by atoms with Gasteiger partial charge in [0.05, 0.1) is 13.7 Å². The first-order valence-corrected chi connectivity index (χ1v) is 6.90. The molecule has 1 aliphatic heterocycles. The van der Waals surface area contributed by atoms with Gasteiger partial charge < -0.3 is 4.74 Å². The molecule has 0 bridgehead atoms. The minimum atomic E-state index is -1.04. The third-order valence-electron chi connectivity index (χ3n) is 3.51. The molecule has 1 aliphatic rings. The van der Waals surface area contributed by atoms with Gasteiger partial charge in [0.25, 0.3) is 5.91 Å². The maximum absolute atomic E-state index is 12.2. The summed E-state index contributed by atoms with van der Waals surface area (Å²) in [6, 6.07) is 16.0. The van der Waals surface area contributed by atoms with E-state index in [2.05, 4.69) is 0 Å². The van der Waals surface area contributed by atoms with Crippen molar-refractivity contribution in [3.63, 3.8) is 0 Å². The molecule has 0 aromatic heterocycles. The van der Waals surface area contributed by atoms with Crippen LogP contribution in [0, 0.1) is 0 Å². The van der Waals surface area contributed by atoms with Crippen molar-refractivity contribution < 1.29 is 19.2 Å². The van der Waals surface area contributed by atoms with Crippen LogP contribution in [0.4, 0.5) is 0 Å². The molecule has 1 amide bonds. The van der Waals surface area contributed by atoms with E-state index >= 15 is 0 Å². The minimum absolute atomic E-state index is 0.251. The highest BCUT2D eigenvalue weighted by molar-refractivity contribution is 6.14. The third-order valence-corrected chi connectivity index (χ3v) is 3.51. The smallest absolute Gasteiger partial charge is 0.286 e. The molecule has 2 aromatic rings. The van der Waals surface area contributed by atoms with Crippen LogP contribution in [0.1, 0.15) is 15.9 Å². The Kier molecular flexibility index (Phi) is 3.89. The van der Waals surface area contributed by atoms with E-state index in [1.165, 1.54) is 5.06 Å². The minimum Gasteiger partial charge on any atom is -0.496 e. The molecule has 0 saturated carbocycles. The number of ketones is 1. The van der Waals surface area contributed by atoms with Gasteiger partial charge in [-0.25, -0.2) is 9.90 Å². The van der Waals surface area contributed by atoms with E-state index in [-0.39, 0.29) is 18.2 Å². The van der Waals surface area contributed by atoms with Crippen molar-refractivity contribution in [3.05, 3.63) is 65.7 Å². The van der Waals surface area contributed by atoms with Gasteiger partial charge in [-0.2, -0.15) is 0 Å². The number of nitrogens with zero attached hydrogens (tertiary/aromatic N) is 1. The van der Waals surface area contributed by atoms with E-state index in [9.17, 15) is 9.59 Å². The molecule has 5 nitrogen and oxygen atoms in total. The maximum Gasteiger partial charge on any atom is 0.286 e. The predicted octanol–water partition coefficient (Wildman–Crippen LogP) is 2.22. The van der Waals surface area contributed by atoms with Crippen molar-refractivity contribution in [1.29, 1.82) is 0 Å². The Balaban J connectivity index is 1.66. The molecule has 22 heavy (non-hydrogen) atoms. The Morgan fingerprint density at radius 2 is 1.82 bits per heavy atom. The molecule has 0 spiro atoms. The van der Waals surface area contributed by atoms with Gasteiger partial charge in [0.2, 0.25) is 11.9 Å². The van der Waals surface area contributed by atoms with Crippen LogP contribution in [0.25, 0.3) is 0 Å². The fourth-order valence-corrected chi connectivity index (χ4v) is 2.32. The average Bonchev–Trinajstić information content (AvgIpc) is 2.58. The fourth-order valence-electron chi connectivity index (χ4n) is 2.32. The molecule has 0 aliphatic carbocycles. The number of ether oxygens (including phenoxy) is 1. The van der Waals surface area contributed by atoms with Crippen molar-refractivity contribution in [3.8, 4) is 5.75 Å². The quantitative estimate of drug-likeness (QED) is 0.627. The summed E-state index contributed by atoms with van der Waals surface area (Å²) in [6.45, 7) is 0.251. The van der Waals surface area contributed by atoms with Crippen LogP contribution in [-0.2, 0) is 16.2 Å². The second kappa shape index (κ2) is 5.99. The second-order valence-corrected chi connectivity index (χ2v) is 4.90. The van der Waals surface area contributed by atoms with Crippen LogP contribution in [0.15, 0.2) is 54.6 Å². The summed E-state index contributed by atoms with van der Waals surface area (Å²) in [4.78, 5) is 29.6. The largest absolute Gasteiger partial charge is 0.496 e. The van der Waals surface area contributed by atoms with Gasteiger partial charge in [0.15, 0.2) is 0 Å². The van der Waals surface area contributed by atoms with Gasteiger partial charge in [-0.05, 0) is 6.07 Å². The first-order chi connectivity index (χ1) is 10.7. The van der Waals surface area contributed by atoms with Crippen LogP contribution in [0.5, 0.6) is 5.75 Å². The number of hydrogen-bond donors (Lipinski definition) is 0. The summed E-state index contributed by atoms with van der Waals surface area (Å²) in [5, 5.41) is 1.18. The standard InChI is InChI=1S/C17H15NO4/c1-21-14-10-6-5-9-13(14)11-18-17(20)16(22-18)15(19)12-7-3-2-4-8-12/h2-10,16H,11H2,1H3. The van der Waals surface area contributed by atoms with E-state index < -0.39 is 6.10 Å². The Morgan fingerprint density at radius 3 is 2.50 bits per heavy atom. The first kappa shape index (κ1) is 14.3.